The maximum atomic E-state index is 13.3. The molecule has 0 N–H and O–H groups in total. The summed E-state index contributed by atoms with van der Waals surface area (Å²) in [6.07, 6.45) is 0.250. The monoisotopic (exact) mass is 427 g/mol. The first-order valence-electron chi connectivity index (χ1n) is 10.1. The number of benzene rings is 3. The van der Waals surface area contributed by atoms with Crippen molar-refractivity contribution in [1.82, 2.24) is 4.90 Å². The second-order valence-corrected chi connectivity index (χ2v) is 8.54. The summed E-state index contributed by atoms with van der Waals surface area (Å²) >= 11 is 1.55. The maximum absolute atomic E-state index is 13.3. The lowest BCUT2D eigenvalue weighted by Gasteiger charge is -2.42. The van der Waals surface area contributed by atoms with Crippen molar-refractivity contribution < 1.29 is 9.53 Å². The molecule has 0 radical (unpaired) electrons. The molecule has 2 aliphatic rings. The minimum Gasteiger partial charge on any atom is -0.496 e. The molecule has 2 heterocycles. The predicted octanol–water partition coefficient (Wildman–Crippen LogP) is 5.07. The topological polar surface area (TPSA) is 56.6 Å². The number of hydrogen-bond donors (Lipinski definition) is 0. The number of allylic oxidation sites excluding steroid dienone is 1. The number of thioether (sulfide) groups is 1. The molecule has 1 amide bonds. The number of anilines is 1. The Labute approximate surface area is 185 Å². The molecular formula is C25H21N3O2S. The second-order valence-electron chi connectivity index (χ2n) is 7.60. The summed E-state index contributed by atoms with van der Waals surface area (Å²) in [4.78, 5) is 17.2. The lowest BCUT2D eigenvalue weighted by molar-refractivity contribution is -0.129. The van der Waals surface area contributed by atoms with Crippen LogP contribution in [0.2, 0.25) is 0 Å². The Kier molecular flexibility index (Phi) is 5.05. The average molecular weight is 428 g/mol. The van der Waals surface area contributed by atoms with Gasteiger partial charge in [0, 0.05) is 23.6 Å². The highest BCUT2D eigenvalue weighted by molar-refractivity contribution is 8.03. The van der Waals surface area contributed by atoms with Crippen molar-refractivity contribution in [2.24, 2.45) is 0 Å². The molecule has 5 rings (SSSR count). The summed E-state index contributed by atoms with van der Waals surface area (Å²) in [6.45, 7) is 0.454. The molecule has 0 bridgehead atoms. The fraction of sp³-hybridized carbons (Fsp3) is 0.200. The summed E-state index contributed by atoms with van der Waals surface area (Å²) in [5.41, 5.74) is 2.63. The number of methoxy groups -OCH3 is 1. The van der Waals surface area contributed by atoms with E-state index in [2.05, 4.69) is 11.0 Å². The van der Waals surface area contributed by atoms with Crippen molar-refractivity contribution in [3.63, 3.8) is 0 Å². The van der Waals surface area contributed by atoms with Crippen LogP contribution in [0.5, 0.6) is 5.75 Å². The molecule has 31 heavy (non-hydrogen) atoms. The van der Waals surface area contributed by atoms with E-state index in [1.807, 2.05) is 66.7 Å². The number of carbonyl (C=O) groups is 1. The molecule has 1 fully saturated rings. The van der Waals surface area contributed by atoms with Gasteiger partial charge in [-0.15, -0.1) is 0 Å². The number of para-hydroxylation sites is 1. The van der Waals surface area contributed by atoms with E-state index in [0.29, 0.717) is 23.9 Å². The van der Waals surface area contributed by atoms with Crippen molar-refractivity contribution >= 4 is 34.1 Å². The SMILES string of the molecule is COc1ccc2ccccc2c1[C@H]1CC(=O)N2CN(c3ccccc3)CSC2=C1C#N. The van der Waals surface area contributed by atoms with Crippen molar-refractivity contribution in [2.75, 3.05) is 24.6 Å². The Bertz CT molecular complexity index is 1230. The maximum Gasteiger partial charge on any atom is 0.229 e. The second kappa shape index (κ2) is 8.01. The Balaban J connectivity index is 1.60. The average Bonchev–Trinajstić information content (AvgIpc) is 2.83. The first-order valence-corrected chi connectivity index (χ1v) is 11.1. The molecular weight excluding hydrogens is 406 g/mol. The zero-order valence-electron chi connectivity index (χ0n) is 17.1. The number of ether oxygens (including phenoxy) is 1. The van der Waals surface area contributed by atoms with Gasteiger partial charge >= 0.3 is 0 Å². The van der Waals surface area contributed by atoms with Gasteiger partial charge in [0.2, 0.25) is 5.91 Å². The Morgan fingerprint density at radius 2 is 1.84 bits per heavy atom. The molecule has 6 heteroatoms. The van der Waals surface area contributed by atoms with Gasteiger partial charge in [-0.25, -0.2) is 0 Å². The molecule has 154 valence electrons. The van der Waals surface area contributed by atoms with E-state index in [0.717, 1.165) is 27.1 Å². The predicted molar refractivity (Wildman–Crippen MR) is 124 cm³/mol. The van der Waals surface area contributed by atoms with Gasteiger partial charge in [-0.1, -0.05) is 60.3 Å². The van der Waals surface area contributed by atoms with Crippen molar-refractivity contribution in [1.29, 1.82) is 5.26 Å². The fourth-order valence-electron chi connectivity index (χ4n) is 4.42. The van der Waals surface area contributed by atoms with Gasteiger partial charge in [0.05, 0.1) is 36.3 Å². The summed E-state index contributed by atoms with van der Waals surface area (Å²) < 4.78 is 5.67. The van der Waals surface area contributed by atoms with Crippen molar-refractivity contribution in [3.8, 4) is 11.8 Å². The van der Waals surface area contributed by atoms with Crippen molar-refractivity contribution in [2.45, 2.75) is 12.3 Å². The number of amides is 1. The molecule has 1 saturated heterocycles. The van der Waals surface area contributed by atoms with Crippen LogP contribution in [0.15, 0.2) is 77.3 Å². The van der Waals surface area contributed by atoms with Gasteiger partial charge in [-0.2, -0.15) is 5.26 Å². The highest BCUT2D eigenvalue weighted by Crippen LogP contribution is 2.47. The van der Waals surface area contributed by atoms with Gasteiger partial charge in [-0.3, -0.25) is 9.69 Å². The number of nitriles is 1. The van der Waals surface area contributed by atoms with Crippen LogP contribution in [0.25, 0.3) is 10.8 Å². The highest BCUT2D eigenvalue weighted by atomic mass is 32.2. The highest BCUT2D eigenvalue weighted by Gasteiger charge is 2.39. The normalized spacial score (nSPS) is 18.7. The van der Waals surface area contributed by atoms with E-state index in [1.165, 1.54) is 0 Å². The van der Waals surface area contributed by atoms with E-state index in [-0.39, 0.29) is 18.2 Å². The molecule has 0 aliphatic carbocycles. The van der Waals surface area contributed by atoms with Crippen molar-refractivity contribution in [3.05, 3.63) is 82.9 Å². The Morgan fingerprint density at radius 3 is 2.61 bits per heavy atom. The van der Waals surface area contributed by atoms with Crippen LogP contribution in [-0.4, -0.2) is 30.5 Å². The van der Waals surface area contributed by atoms with Gasteiger partial charge in [-0.05, 0) is 29.0 Å². The first kappa shape index (κ1) is 19.5. The number of hydrogen-bond acceptors (Lipinski definition) is 5. The molecule has 0 aromatic heterocycles. The smallest absolute Gasteiger partial charge is 0.229 e. The van der Waals surface area contributed by atoms with Crippen LogP contribution in [-0.2, 0) is 4.79 Å². The number of nitrogens with zero attached hydrogens (tertiary/aromatic N) is 3. The zero-order valence-corrected chi connectivity index (χ0v) is 17.9. The molecule has 2 aliphatic heterocycles. The Hall–Kier alpha value is -3.43. The first-order chi connectivity index (χ1) is 15.2. The molecule has 3 aromatic rings. The zero-order chi connectivity index (χ0) is 21.4. The standard InChI is InChI=1S/C25H21N3O2S/c1-30-22-12-11-17-7-5-6-10-19(17)24(22)20-13-23(29)28-15-27(18-8-3-2-4-9-18)16-31-25(28)21(20)14-26/h2-12,20H,13,15-16H2,1H3/t20-/m0/s1. The summed E-state index contributed by atoms with van der Waals surface area (Å²) in [6, 6.07) is 24.5. The van der Waals surface area contributed by atoms with Crippen LogP contribution in [0, 0.1) is 11.3 Å². The molecule has 0 spiro atoms. The van der Waals surface area contributed by atoms with E-state index < -0.39 is 0 Å². The largest absolute Gasteiger partial charge is 0.496 e. The lowest BCUT2D eigenvalue weighted by Crippen LogP contribution is -2.47. The van der Waals surface area contributed by atoms with E-state index >= 15 is 0 Å². The van der Waals surface area contributed by atoms with Crippen LogP contribution in [0.3, 0.4) is 0 Å². The third kappa shape index (κ3) is 3.31. The molecule has 5 nitrogen and oxygen atoms in total. The van der Waals surface area contributed by atoms with E-state index in [1.54, 1.807) is 23.8 Å². The van der Waals surface area contributed by atoms with Gasteiger partial charge < -0.3 is 9.64 Å². The molecule has 3 aromatic carbocycles. The number of rotatable bonds is 3. The molecule has 1 atom stereocenters. The quantitative estimate of drug-likeness (QED) is 0.584. The fourth-order valence-corrected chi connectivity index (χ4v) is 5.59. The van der Waals surface area contributed by atoms with Crippen LogP contribution in [0.4, 0.5) is 5.69 Å². The van der Waals surface area contributed by atoms with E-state index in [9.17, 15) is 10.1 Å². The third-order valence-electron chi connectivity index (χ3n) is 5.91. The minimum atomic E-state index is -0.319. The number of fused-ring (bicyclic) bond motifs is 2. The third-order valence-corrected chi connectivity index (χ3v) is 7.07. The van der Waals surface area contributed by atoms with Crippen LogP contribution >= 0.6 is 11.8 Å². The van der Waals surface area contributed by atoms with Crippen LogP contribution in [0.1, 0.15) is 17.9 Å². The minimum absolute atomic E-state index is 0.0297. The van der Waals surface area contributed by atoms with Gasteiger partial charge in [0.1, 0.15) is 5.75 Å². The molecule has 0 saturated carbocycles. The number of carbonyl (C=O) groups excluding carboxylic acids is 1. The molecule has 0 unspecified atom stereocenters. The van der Waals surface area contributed by atoms with Gasteiger partial charge in [0.15, 0.2) is 0 Å². The van der Waals surface area contributed by atoms with Gasteiger partial charge in [0.25, 0.3) is 0 Å². The summed E-state index contributed by atoms with van der Waals surface area (Å²) in [5.74, 6) is 1.11. The van der Waals surface area contributed by atoms with E-state index in [4.69, 9.17) is 4.74 Å². The van der Waals surface area contributed by atoms with Crippen LogP contribution < -0.4 is 9.64 Å². The summed E-state index contributed by atoms with van der Waals surface area (Å²) in [7, 11) is 1.64. The Morgan fingerprint density at radius 1 is 1.06 bits per heavy atom. The lowest BCUT2D eigenvalue weighted by atomic mass is 9.83. The summed E-state index contributed by atoms with van der Waals surface area (Å²) in [5, 5.41) is 13.0.